The molecule has 110 valence electrons. The molecule has 0 aliphatic heterocycles. The van der Waals surface area contributed by atoms with Gasteiger partial charge in [-0.1, -0.05) is 12.1 Å². The quantitative estimate of drug-likeness (QED) is 0.775. The van der Waals surface area contributed by atoms with E-state index >= 15 is 0 Å². The Labute approximate surface area is 119 Å². The van der Waals surface area contributed by atoms with Gasteiger partial charge in [-0.25, -0.2) is 0 Å². The van der Waals surface area contributed by atoms with Gasteiger partial charge >= 0.3 is 0 Å². The predicted molar refractivity (Wildman–Crippen MR) is 76.4 cm³/mol. The van der Waals surface area contributed by atoms with Gasteiger partial charge in [-0.2, -0.15) is 0 Å². The number of nitrogens with two attached hydrogens (primary N) is 1. The first-order valence-corrected chi connectivity index (χ1v) is 6.95. The van der Waals surface area contributed by atoms with Crippen molar-refractivity contribution in [2.45, 2.75) is 25.4 Å². The molecule has 1 amide bonds. The molecule has 0 heterocycles. The number of rotatable bonds is 8. The zero-order chi connectivity index (χ0) is 14.4. The summed E-state index contributed by atoms with van der Waals surface area (Å²) in [6.07, 6.45) is 2.17. The molecule has 0 spiro atoms. The molecule has 5 heteroatoms. The Kier molecular flexibility index (Phi) is 5.38. The highest BCUT2D eigenvalue weighted by Gasteiger charge is 2.32. The van der Waals surface area contributed by atoms with Crippen LogP contribution in [0.2, 0.25) is 0 Å². The largest absolute Gasteiger partial charge is 0.484 e. The van der Waals surface area contributed by atoms with Crippen molar-refractivity contribution in [3.05, 3.63) is 29.8 Å². The zero-order valence-electron chi connectivity index (χ0n) is 11.9. The molecule has 1 aromatic carbocycles. The van der Waals surface area contributed by atoms with E-state index in [0.29, 0.717) is 31.5 Å². The van der Waals surface area contributed by atoms with Gasteiger partial charge in [-0.15, -0.1) is 0 Å². The highest BCUT2D eigenvalue weighted by molar-refractivity contribution is 5.78. The van der Waals surface area contributed by atoms with E-state index in [1.807, 2.05) is 29.2 Å². The first-order chi connectivity index (χ1) is 9.74. The van der Waals surface area contributed by atoms with E-state index in [1.165, 1.54) is 0 Å². The van der Waals surface area contributed by atoms with Crippen molar-refractivity contribution in [1.82, 2.24) is 4.90 Å². The standard InChI is InChI=1S/C15H22N2O3/c1-19-9-8-17(13-4-5-13)15(18)11-20-14-6-2-12(10-16)3-7-14/h2-3,6-7,13H,4-5,8-11,16H2,1H3. The molecule has 1 saturated carbocycles. The van der Waals surface area contributed by atoms with Gasteiger partial charge in [-0.3, -0.25) is 4.79 Å². The summed E-state index contributed by atoms with van der Waals surface area (Å²) in [6, 6.07) is 7.87. The SMILES string of the molecule is COCCN(C(=O)COc1ccc(CN)cc1)C1CC1. The van der Waals surface area contributed by atoms with E-state index in [1.54, 1.807) is 7.11 Å². The fourth-order valence-electron chi connectivity index (χ4n) is 2.04. The lowest BCUT2D eigenvalue weighted by molar-refractivity contribution is -0.134. The van der Waals surface area contributed by atoms with Crippen LogP contribution in [0.5, 0.6) is 5.75 Å². The number of nitrogens with zero attached hydrogens (tertiary/aromatic N) is 1. The Hall–Kier alpha value is -1.59. The van der Waals surface area contributed by atoms with Crippen molar-refractivity contribution in [3.8, 4) is 5.75 Å². The van der Waals surface area contributed by atoms with Crippen molar-refractivity contribution in [2.75, 3.05) is 26.9 Å². The van der Waals surface area contributed by atoms with E-state index in [0.717, 1.165) is 18.4 Å². The van der Waals surface area contributed by atoms with Crippen LogP contribution in [-0.2, 0) is 16.1 Å². The number of carbonyl (C=O) groups excluding carboxylic acids is 1. The Bertz CT molecular complexity index is 429. The topological polar surface area (TPSA) is 64.8 Å². The Balaban J connectivity index is 1.82. The molecule has 1 aliphatic rings. The Morgan fingerprint density at radius 2 is 2.05 bits per heavy atom. The highest BCUT2D eigenvalue weighted by atomic mass is 16.5. The summed E-state index contributed by atoms with van der Waals surface area (Å²) in [4.78, 5) is 14.0. The van der Waals surface area contributed by atoms with Crippen LogP contribution in [0.3, 0.4) is 0 Å². The minimum Gasteiger partial charge on any atom is -0.484 e. The van der Waals surface area contributed by atoms with E-state index in [4.69, 9.17) is 15.2 Å². The van der Waals surface area contributed by atoms with Gasteiger partial charge in [0.25, 0.3) is 5.91 Å². The number of carbonyl (C=O) groups is 1. The van der Waals surface area contributed by atoms with Crippen molar-refractivity contribution in [1.29, 1.82) is 0 Å². The number of hydrogen-bond donors (Lipinski definition) is 1. The summed E-state index contributed by atoms with van der Waals surface area (Å²) in [5.74, 6) is 0.713. The summed E-state index contributed by atoms with van der Waals surface area (Å²) in [5.41, 5.74) is 6.58. The Morgan fingerprint density at radius 1 is 1.35 bits per heavy atom. The van der Waals surface area contributed by atoms with Crippen LogP contribution in [0.15, 0.2) is 24.3 Å². The van der Waals surface area contributed by atoms with Crippen molar-refractivity contribution in [3.63, 3.8) is 0 Å². The third kappa shape index (κ3) is 4.21. The molecule has 1 aliphatic carbocycles. The monoisotopic (exact) mass is 278 g/mol. The molecule has 5 nitrogen and oxygen atoms in total. The van der Waals surface area contributed by atoms with Crippen molar-refractivity contribution < 1.29 is 14.3 Å². The molecule has 20 heavy (non-hydrogen) atoms. The van der Waals surface area contributed by atoms with Crippen molar-refractivity contribution in [2.24, 2.45) is 5.73 Å². The fourth-order valence-corrected chi connectivity index (χ4v) is 2.04. The predicted octanol–water partition coefficient (Wildman–Crippen LogP) is 1.16. The number of methoxy groups -OCH3 is 1. The first-order valence-electron chi connectivity index (χ1n) is 6.95. The van der Waals surface area contributed by atoms with Crippen molar-refractivity contribution >= 4 is 5.91 Å². The molecule has 0 radical (unpaired) electrons. The number of benzene rings is 1. The fraction of sp³-hybridized carbons (Fsp3) is 0.533. The number of hydrogen-bond acceptors (Lipinski definition) is 4. The zero-order valence-corrected chi connectivity index (χ0v) is 11.9. The molecule has 0 saturated heterocycles. The van der Waals surface area contributed by atoms with Crippen LogP contribution in [0.25, 0.3) is 0 Å². The maximum atomic E-state index is 12.2. The second kappa shape index (κ2) is 7.26. The highest BCUT2D eigenvalue weighted by Crippen LogP contribution is 2.26. The van der Waals surface area contributed by atoms with Crippen LogP contribution in [-0.4, -0.2) is 43.7 Å². The van der Waals surface area contributed by atoms with Gasteiger partial charge in [0, 0.05) is 26.2 Å². The summed E-state index contributed by atoms with van der Waals surface area (Å²) >= 11 is 0. The van der Waals surface area contributed by atoms with Gasteiger partial charge in [0.2, 0.25) is 0 Å². The molecule has 1 fully saturated rings. The maximum Gasteiger partial charge on any atom is 0.260 e. The third-order valence-electron chi connectivity index (χ3n) is 3.37. The molecule has 2 N–H and O–H groups in total. The van der Waals surface area contributed by atoms with Gasteiger partial charge in [0.15, 0.2) is 6.61 Å². The van der Waals surface area contributed by atoms with E-state index in [-0.39, 0.29) is 12.5 Å². The minimum absolute atomic E-state index is 0.0208. The van der Waals surface area contributed by atoms with Gasteiger partial charge in [-0.05, 0) is 30.5 Å². The summed E-state index contributed by atoms with van der Waals surface area (Å²) < 4.78 is 10.6. The first kappa shape index (κ1) is 14.8. The van der Waals surface area contributed by atoms with Gasteiger partial charge in [0.1, 0.15) is 5.75 Å². The summed E-state index contributed by atoms with van der Waals surface area (Å²) in [6.45, 7) is 1.77. The van der Waals surface area contributed by atoms with E-state index < -0.39 is 0 Å². The smallest absolute Gasteiger partial charge is 0.260 e. The van der Waals surface area contributed by atoms with E-state index in [2.05, 4.69) is 0 Å². The molecule has 1 aromatic rings. The maximum absolute atomic E-state index is 12.2. The average Bonchev–Trinajstić information content (AvgIpc) is 3.31. The van der Waals surface area contributed by atoms with Gasteiger partial charge < -0.3 is 20.1 Å². The van der Waals surface area contributed by atoms with Crippen LogP contribution in [0, 0.1) is 0 Å². The minimum atomic E-state index is 0.0208. The third-order valence-corrected chi connectivity index (χ3v) is 3.37. The lowest BCUT2D eigenvalue weighted by atomic mass is 10.2. The molecule has 0 aromatic heterocycles. The Morgan fingerprint density at radius 3 is 2.60 bits per heavy atom. The second-order valence-corrected chi connectivity index (χ2v) is 4.95. The van der Waals surface area contributed by atoms with Crippen LogP contribution in [0.1, 0.15) is 18.4 Å². The lowest BCUT2D eigenvalue weighted by Crippen LogP contribution is -2.38. The number of ether oxygens (including phenoxy) is 2. The van der Waals surface area contributed by atoms with E-state index in [9.17, 15) is 4.79 Å². The van der Waals surface area contributed by atoms with Crippen LogP contribution >= 0.6 is 0 Å². The molecule has 0 bridgehead atoms. The molecule has 0 atom stereocenters. The molecular formula is C15H22N2O3. The number of amides is 1. The summed E-state index contributed by atoms with van der Waals surface area (Å²) in [5, 5.41) is 0. The normalized spacial score (nSPS) is 14.1. The van der Waals surface area contributed by atoms with Crippen LogP contribution in [0.4, 0.5) is 0 Å². The lowest BCUT2D eigenvalue weighted by Gasteiger charge is -2.22. The second-order valence-electron chi connectivity index (χ2n) is 4.95. The molecular weight excluding hydrogens is 256 g/mol. The molecule has 2 rings (SSSR count). The average molecular weight is 278 g/mol. The van der Waals surface area contributed by atoms with Crippen LogP contribution < -0.4 is 10.5 Å². The van der Waals surface area contributed by atoms with Gasteiger partial charge in [0.05, 0.1) is 6.61 Å². The summed E-state index contributed by atoms with van der Waals surface area (Å²) in [7, 11) is 1.64. The molecule has 0 unspecified atom stereocenters.